The van der Waals surface area contributed by atoms with Gasteiger partial charge < -0.3 is 5.11 Å². The molecule has 80 valence electrons. The number of thioether (sulfide) groups is 1. The van der Waals surface area contributed by atoms with Gasteiger partial charge >= 0.3 is 5.51 Å². The van der Waals surface area contributed by atoms with E-state index >= 15 is 0 Å². The van der Waals surface area contributed by atoms with Crippen LogP contribution in [0.1, 0.15) is 11.7 Å². The molecule has 1 aromatic rings. The Kier molecular flexibility index (Phi) is 3.66. The number of hydrogen-bond donors (Lipinski definition) is 1. The molecule has 1 unspecified atom stereocenters. The first kappa shape index (κ1) is 12.0. The molecule has 0 aliphatic carbocycles. The Morgan fingerprint density at radius 3 is 2.20 bits per heavy atom. The molecule has 0 saturated heterocycles. The summed E-state index contributed by atoms with van der Waals surface area (Å²) in [6.45, 7) is 0. The van der Waals surface area contributed by atoms with Crippen molar-refractivity contribution >= 4 is 11.8 Å². The van der Waals surface area contributed by atoms with Gasteiger partial charge in [0.05, 0.1) is 0 Å². The second-order valence-corrected chi connectivity index (χ2v) is 3.82. The lowest BCUT2D eigenvalue weighted by Gasteiger charge is -2.07. The lowest BCUT2D eigenvalue weighted by Crippen LogP contribution is -1.99. The zero-order valence-electron chi connectivity index (χ0n) is 7.45. The molecule has 0 bridgehead atoms. The maximum Gasteiger partial charge on any atom is 0.446 e. The molecule has 1 aromatic carbocycles. The average molecular weight is 232 g/mol. The van der Waals surface area contributed by atoms with Crippen LogP contribution >= 0.6 is 11.8 Å². The summed E-state index contributed by atoms with van der Waals surface area (Å²) in [7, 11) is 0. The highest BCUT2D eigenvalue weighted by Crippen LogP contribution is 2.36. The summed E-state index contributed by atoms with van der Waals surface area (Å²) in [6.07, 6.45) is 3.88. The van der Waals surface area contributed by atoms with E-state index in [2.05, 4.69) is 5.92 Å². The molecule has 0 aliphatic rings. The van der Waals surface area contributed by atoms with Crippen molar-refractivity contribution in [2.45, 2.75) is 16.5 Å². The Morgan fingerprint density at radius 1 is 1.27 bits per heavy atom. The van der Waals surface area contributed by atoms with Crippen LogP contribution in [0.25, 0.3) is 0 Å². The van der Waals surface area contributed by atoms with Crippen LogP contribution in [0.15, 0.2) is 29.2 Å². The van der Waals surface area contributed by atoms with Crippen molar-refractivity contribution in [2.75, 3.05) is 0 Å². The van der Waals surface area contributed by atoms with E-state index < -0.39 is 11.6 Å². The molecule has 0 aromatic heterocycles. The largest absolute Gasteiger partial charge is 0.446 e. The van der Waals surface area contributed by atoms with Crippen molar-refractivity contribution in [3.8, 4) is 12.3 Å². The molecule has 15 heavy (non-hydrogen) atoms. The number of terminal acetylenes is 1. The molecule has 1 N–H and O–H groups in total. The van der Waals surface area contributed by atoms with Crippen LogP contribution in [0.2, 0.25) is 0 Å². The van der Waals surface area contributed by atoms with Gasteiger partial charge in [0.15, 0.2) is 0 Å². The van der Waals surface area contributed by atoms with E-state index in [1.54, 1.807) is 0 Å². The van der Waals surface area contributed by atoms with E-state index in [0.29, 0.717) is 5.56 Å². The van der Waals surface area contributed by atoms with Gasteiger partial charge in [-0.25, -0.2) is 0 Å². The fourth-order valence-corrected chi connectivity index (χ4v) is 1.49. The Balaban J connectivity index is 2.78. The van der Waals surface area contributed by atoms with Crippen molar-refractivity contribution < 1.29 is 18.3 Å². The molecule has 1 atom stereocenters. The van der Waals surface area contributed by atoms with Crippen LogP contribution in [0, 0.1) is 12.3 Å². The van der Waals surface area contributed by atoms with Crippen molar-refractivity contribution in [2.24, 2.45) is 0 Å². The third-order valence-electron chi connectivity index (χ3n) is 1.59. The smallest absolute Gasteiger partial charge is 0.376 e. The van der Waals surface area contributed by atoms with Crippen LogP contribution in [0.5, 0.6) is 0 Å². The lowest BCUT2D eigenvalue weighted by atomic mass is 10.1. The van der Waals surface area contributed by atoms with Gasteiger partial charge in [-0.05, 0) is 29.5 Å². The predicted octanol–water partition coefficient (Wildman–Crippen LogP) is 2.97. The molecule has 0 radical (unpaired) electrons. The average Bonchev–Trinajstić information content (AvgIpc) is 2.15. The minimum Gasteiger partial charge on any atom is -0.376 e. The summed E-state index contributed by atoms with van der Waals surface area (Å²) in [5.41, 5.74) is -3.89. The zero-order valence-corrected chi connectivity index (χ0v) is 8.27. The number of hydrogen-bond acceptors (Lipinski definition) is 2. The normalized spacial score (nSPS) is 13.3. The van der Waals surface area contributed by atoms with E-state index in [-0.39, 0.29) is 16.7 Å². The second kappa shape index (κ2) is 4.60. The molecule has 1 rings (SSSR count). The summed E-state index contributed by atoms with van der Waals surface area (Å²) in [5, 5.41) is 9.19. The van der Waals surface area contributed by atoms with E-state index in [1.165, 1.54) is 24.3 Å². The highest BCUT2D eigenvalue weighted by atomic mass is 32.2. The van der Waals surface area contributed by atoms with Crippen molar-refractivity contribution in [3.05, 3.63) is 29.8 Å². The first-order valence-corrected chi connectivity index (χ1v) is 4.74. The molecule has 0 spiro atoms. The third-order valence-corrected chi connectivity index (χ3v) is 2.33. The molecule has 0 saturated carbocycles. The molecule has 0 amide bonds. The maximum absolute atomic E-state index is 11.9. The molecule has 5 heteroatoms. The van der Waals surface area contributed by atoms with Crippen LogP contribution in [-0.2, 0) is 0 Å². The van der Waals surface area contributed by atoms with Gasteiger partial charge in [0, 0.05) is 4.90 Å². The zero-order chi connectivity index (χ0) is 11.5. The number of aliphatic hydroxyl groups is 1. The van der Waals surface area contributed by atoms with Crippen molar-refractivity contribution in [1.29, 1.82) is 0 Å². The van der Waals surface area contributed by atoms with Gasteiger partial charge in [-0.3, -0.25) is 0 Å². The summed E-state index contributed by atoms with van der Waals surface area (Å²) in [4.78, 5) is 0.0653. The SMILES string of the molecule is C#CC(O)c1ccc(SC(F)(F)F)cc1. The maximum atomic E-state index is 11.9. The van der Waals surface area contributed by atoms with E-state index in [1.807, 2.05) is 0 Å². The van der Waals surface area contributed by atoms with Gasteiger partial charge in [0.2, 0.25) is 0 Å². The van der Waals surface area contributed by atoms with Crippen LogP contribution < -0.4 is 0 Å². The second-order valence-electron chi connectivity index (χ2n) is 2.69. The number of benzene rings is 1. The van der Waals surface area contributed by atoms with Gasteiger partial charge in [-0.1, -0.05) is 18.1 Å². The minimum absolute atomic E-state index is 0.0653. The first-order chi connectivity index (χ1) is 6.92. The topological polar surface area (TPSA) is 20.2 Å². The molecule has 0 aliphatic heterocycles. The summed E-state index contributed by atoms with van der Waals surface area (Å²) in [6, 6.07) is 5.29. The van der Waals surface area contributed by atoms with Gasteiger partial charge in [-0.2, -0.15) is 13.2 Å². The summed E-state index contributed by atoms with van der Waals surface area (Å²) < 4.78 is 35.8. The van der Waals surface area contributed by atoms with Crippen LogP contribution in [0.4, 0.5) is 13.2 Å². The standard InChI is InChI=1S/C10H7F3OS/c1-2-9(14)7-3-5-8(6-4-7)15-10(11,12)13/h1,3-6,9,14H. The molecule has 1 nitrogen and oxygen atoms in total. The quantitative estimate of drug-likeness (QED) is 0.625. The summed E-state index contributed by atoms with van der Waals surface area (Å²) in [5.74, 6) is 2.08. The predicted molar refractivity (Wildman–Crippen MR) is 52.1 cm³/mol. The van der Waals surface area contributed by atoms with E-state index in [9.17, 15) is 18.3 Å². The van der Waals surface area contributed by atoms with Crippen molar-refractivity contribution in [3.63, 3.8) is 0 Å². The molecule has 0 heterocycles. The fourth-order valence-electron chi connectivity index (χ4n) is 0.948. The van der Waals surface area contributed by atoms with Crippen LogP contribution in [0.3, 0.4) is 0 Å². The monoisotopic (exact) mass is 232 g/mol. The summed E-state index contributed by atoms with van der Waals surface area (Å²) >= 11 is -0.205. The van der Waals surface area contributed by atoms with Crippen LogP contribution in [-0.4, -0.2) is 10.6 Å². The molecule has 0 fully saturated rings. The lowest BCUT2D eigenvalue weighted by molar-refractivity contribution is -0.0328. The third kappa shape index (κ3) is 3.86. The number of halogens is 3. The Bertz CT molecular complexity index is 364. The molecular weight excluding hydrogens is 225 g/mol. The first-order valence-electron chi connectivity index (χ1n) is 3.92. The Morgan fingerprint density at radius 2 is 1.80 bits per heavy atom. The number of rotatable bonds is 2. The van der Waals surface area contributed by atoms with Gasteiger partial charge in [0.1, 0.15) is 6.10 Å². The number of aliphatic hydroxyl groups excluding tert-OH is 1. The van der Waals surface area contributed by atoms with Gasteiger partial charge in [-0.15, -0.1) is 6.42 Å². The minimum atomic E-state index is -4.30. The Hall–Kier alpha value is -1.12. The van der Waals surface area contributed by atoms with E-state index in [4.69, 9.17) is 6.42 Å². The highest BCUT2D eigenvalue weighted by molar-refractivity contribution is 8.00. The number of alkyl halides is 3. The molecular formula is C10H7F3OS. The van der Waals surface area contributed by atoms with Gasteiger partial charge in [0.25, 0.3) is 0 Å². The highest BCUT2D eigenvalue weighted by Gasteiger charge is 2.29. The fraction of sp³-hybridized carbons (Fsp3) is 0.200. The Labute approximate surface area is 89.3 Å². The van der Waals surface area contributed by atoms with Crippen molar-refractivity contribution in [1.82, 2.24) is 0 Å². The van der Waals surface area contributed by atoms with E-state index in [0.717, 1.165) is 0 Å².